The molecule has 1 aromatic heterocycles. The highest BCUT2D eigenvalue weighted by Gasteiger charge is 2.27. The Kier molecular flexibility index (Phi) is 12.5. The van der Waals surface area contributed by atoms with Crippen LogP contribution in [0.3, 0.4) is 0 Å². The van der Waals surface area contributed by atoms with Crippen LogP contribution in [-0.4, -0.2) is 15.5 Å². The van der Waals surface area contributed by atoms with Gasteiger partial charge in [0.2, 0.25) is 0 Å². The first-order chi connectivity index (χ1) is 32.6. The molecule has 0 fully saturated rings. The van der Waals surface area contributed by atoms with E-state index in [9.17, 15) is 0 Å². The molecule has 66 heavy (non-hydrogen) atoms. The van der Waals surface area contributed by atoms with Gasteiger partial charge in [-0.05, 0) is 127 Å². The second-order valence-electron chi connectivity index (χ2n) is 17.4. The third-order valence-electron chi connectivity index (χ3n) is 13.1. The number of benzene rings is 5. The van der Waals surface area contributed by atoms with Crippen LogP contribution < -0.4 is 10.2 Å². The van der Waals surface area contributed by atoms with Crippen LogP contribution in [0.5, 0.6) is 0 Å². The topological polar surface area (TPSA) is 23.4 Å². The van der Waals surface area contributed by atoms with E-state index in [1.807, 2.05) is 18.2 Å². The van der Waals surface area contributed by atoms with E-state index in [0.29, 0.717) is 0 Å². The van der Waals surface area contributed by atoms with Crippen molar-refractivity contribution in [1.82, 2.24) is 9.47 Å². The van der Waals surface area contributed by atoms with Gasteiger partial charge in [0.15, 0.2) is 0 Å². The number of hydrogen-bond acceptors (Lipinski definition) is 3. The molecule has 6 aromatic rings. The molecule has 0 aliphatic heterocycles. The van der Waals surface area contributed by atoms with Gasteiger partial charge in [0.25, 0.3) is 0 Å². The van der Waals surface area contributed by atoms with Gasteiger partial charge in [-0.1, -0.05) is 159 Å². The molecule has 1 N–H and O–H groups in total. The molecule has 5 aromatic carbocycles. The quantitative estimate of drug-likeness (QED) is 0.117. The number of allylic oxidation sites excluding steroid dienone is 17. The Balaban J connectivity index is 1.02. The predicted octanol–water partition coefficient (Wildman–Crippen LogP) is 16.1. The van der Waals surface area contributed by atoms with Crippen LogP contribution in [0.2, 0.25) is 0 Å². The van der Waals surface area contributed by atoms with E-state index in [1.54, 1.807) is 0 Å². The van der Waals surface area contributed by atoms with E-state index in [0.717, 1.165) is 47.7 Å². The average Bonchev–Trinajstić information content (AvgIpc) is 3.46. The smallest absolute Gasteiger partial charge is 0.0587 e. The van der Waals surface area contributed by atoms with Crippen LogP contribution in [0, 0.1) is 5.92 Å². The summed E-state index contributed by atoms with van der Waals surface area (Å²) in [4.78, 5) is 4.74. The first-order valence-corrected chi connectivity index (χ1v) is 23.4. The number of aromatic nitrogens is 1. The summed E-state index contributed by atoms with van der Waals surface area (Å²) in [6, 6.07) is 44.8. The summed E-state index contributed by atoms with van der Waals surface area (Å²) >= 11 is 0. The number of para-hydroxylation sites is 2. The molecule has 0 radical (unpaired) electrons. The van der Waals surface area contributed by atoms with Gasteiger partial charge in [-0.15, -0.1) is 0 Å². The summed E-state index contributed by atoms with van der Waals surface area (Å²) in [6.45, 7) is 6.21. The van der Waals surface area contributed by atoms with Gasteiger partial charge in [-0.25, -0.2) is 0 Å². The van der Waals surface area contributed by atoms with E-state index in [4.69, 9.17) is 0 Å². The summed E-state index contributed by atoms with van der Waals surface area (Å²) < 4.78 is 2.59. The molecule has 4 aliphatic rings. The van der Waals surface area contributed by atoms with Gasteiger partial charge in [-0.3, -0.25) is 0 Å². The minimum atomic E-state index is 0.133. The van der Waals surface area contributed by atoms with Gasteiger partial charge >= 0.3 is 0 Å². The zero-order valence-electron chi connectivity index (χ0n) is 37.6. The van der Waals surface area contributed by atoms with Crippen molar-refractivity contribution >= 4 is 38.9 Å². The van der Waals surface area contributed by atoms with Crippen molar-refractivity contribution in [2.75, 3.05) is 10.2 Å². The molecule has 0 saturated heterocycles. The molecule has 4 nitrogen and oxygen atoms in total. The highest BCUT2D eigenvalue weighted by atomic mass is 15.2. The van der Waals surface area contributed by atoms with Crippen molar-refractivity contribution in [2.24, 2.45) is 5.92 Å². The Labute approximate surface area is 390 Å². The standard InChI is InChI=1S/C62H56N4/c1-3-4-5-19-42-64(53-22-15-9-16-23-53)57-38-41-60(46(2)43-57)66-61-39-32-49(47-28-34-52(35-29-47)63-51-20-11-8-12-21-51)44-58(61)59-45-50(33-40-62(59)66)48-30-36-56(37-31-48)65(55-26-17-10-18-27-55)54-24-13-6-7-14-25-54/h3-6,8-22,24-28,30-47,53,60,63H,1,7,23,29H2,2H3/b5-4-,42-19+. The maximum Gasteiger partial charge on any atom is 0.0587 e. The molecular weight excluding hydrogens is 801 g/mol. The van der Waals surface area contributed by atoms with Crippen molar-refractivity contribution in [3.63, 3.8) is 0 Å². The fraction of sp³-hybridized carbons (Fsp3) is 0.129. The SMILES string of the molecule is C=C/C=C\C=C\N(C1=CC(C)C(n2c3ccc(-c4ccc(N(C5=CC=CCC=C5)c5ccccc5)cc4)cc3c3cc(C4C=CC(Nc5ccccc5)=CC4)ccc32)C=C1)C1C=CC=CC1. The maximum atomic E-state index is 3.85. The van der Waals surface area contributed by atoms with Crippen LogP contribution in [0.1, 0.15) is 43.7 Å². The summed E-state index contributed by atoms with van der Waals surface area (Å²) in [5.41, 5.74) is 13.1. The van der Waals surface area contributed by atoms with E-state index in [1.165, 1.54) is 44.2 Å². The van der Waals surface area contributed by atoms with Crippen molar-refractivity contribution < 1.29 is 0 Å². The van der Waals surface area contributed by atoms with Gasteiger partial charge in [0.05, 0.1) is 12.1 Å². The van der Waals surface area contributed by atoms with E-state index < -0.39 is 0 Å². The second-order valence-corrected chi connectivity index (χ2v) is 17.4. The van der Waals surface area contributed by atoms with E-state index in [2.05, 4.69) is 258 Å². The van der Waals surface area contributed by atoms with Crippen LogP contribution >= 0.6 is 0 Å². The molecule has 4 atom stereocenters. The minimum Gasteiger partial charge on any atom is -0.356 e. The summed E-state index contributed by atoms with van der Waals surface area (Å²) in [7, 11) is 0. The average molecular weight is 857 g/mol. The van der Waals surface area contributed by atoms with Crippen molar-refractivity contribution in [2.45, 2.75) is 44.2 Å². The predicted molar refractivity (Wildman–Crippen MR) is 282 cm³/mol. The molecule has 4 aliphatic carbocycles. The molecule has 10 rings (SSSR count). The van der Waals surface area contributed by atoms with E-state index in [-0.39, 0.29) is 23.9 Å². The third kappa shape index (κ3) is 8.96. The van der Waals surface area contributed by atoms with Crippen LogP contribution in [-0.2, 0) is 0 Å². The zero-order valence-corrected chi connectivity index (χ0v) is 37.6. The molecule has 324 valence electrons. The first kappa shape index (κ1) is 42.1. The zero-order chi connectivity index (χ0) is 44.7. The Bertz CT molecular complexity index is 3070. The molecule has 4 heteroatoms. The second kappa shape index (κ2) is 19.5. The molecule has 0 saturated carbocycles. The first-order valence-electron chi connectivity index (χ1n) is 23.4. The lowest BCUT2D eigenvalue weighted by Crippen LogP contribution is -2.30. The molecule has 0 amide bonds. The molecular formula is C62H56N4. The van der Waals surface area contributed by atoms with Gasteiger partial charge in [-0.2, -0.15) is 0 Å². The third-order valence-corrected chi connectivity index (χ3v) is 13.1. The maximum absolute atomic E-state index is 3.85. The Morgan fingerprint density at radius 2 is 1.42 bits per heavy atom. The van der Waals surface area contributed by atoms with Crippen LogP contribution in [0.15, 0.2) is 267 Å². The lowest BCUT2D eigenvalue weighted by atomic mass is 9.90. The lowest BCUT2D eigenvalue weighted by molar-refractivity contribution is 0.388. The summed E-state index contributed by atoms with van der Waals surface area (Å²) in [5.74, 6) is 0.524. The number of nitrogens with one attached hydrogen (secondary N) is 1. The fourth-order valence-corrected chi connectivity index (χ4v) is 9.73. The van der Waals surface area contributed by atoms with Gasteiger partial charge in [0.1, 0.15) is 0 Å². The number of anilines is 3. The van der Waals surface area contributed by atoms with Crippen LogP contribution in [0.4, 0.5) is 17.1 Å². The van der Waals surface area contributed by atoms with Crippen molar-refractivity contribution in [1.29, 1.82) is 0 Å². The largest absolute Gasteiger partial charge is 0.356 e. The fourth-order valence-electron chi connectivity index (χ4n) is 9.73. The van der Waals surface area contributed by atoms with Gasteiger partial charge in [0, 0.05) is 74.0 Å². The highest BCUT2D eigenvalue weighted by molar-refractivity contribution is 6.10. The summed E-state index contributed by atoms with van der Waals surface area (Å²) in [6.07, 6.45) is 46.9. The Hall–Kier alpha value is -7.82. The van der Waals surface area contributed by atoms with Crippen LogP contribution in [0.25, 0.3) is 32.9 Å². The number of fused-ring (bicyclic) bond motifs is 3. The minimum absolute atomic E-state index is 0.133. The number of nitrogens with zero attached hydrogens (tertiary/aromatic N) is 3. The van der Waals surface area contributed by atoms with E-state index >= 15 is 0 Å². The normalized spacial score (nSPS) is 20.2. The van der Waals surface area contributed by atoms with Crippen molar-refractivity contribution in [3.05, 3.63) is 272 Å². The molecule has 0 bridgehead atoms. The number of rotatable bonds is 13. The molecule has 0 spiro atoms. The highest BCUT2D eigenvalue weighted by Crippen LogP contribution is 2.42. The van der Waals surface area contributed by atoms with Crippen molar-refractivity contribution in [3.8, 4) is 11.1 Å². The monoisotopic (exact) mass is 856 g/mol. The molecule has 1 heterocycles. The summed E-state index contributed by atoms with van der Waals surface area (Å²) in [5, 5.41) is 6.14. The Morgan fingerprint density at radius 3 is 2.18 bits per heavy atom. The number of hydrogen-bond donors (Lipinski definition) is 1. The van der Waals surface area contributed by atoms with Gasteiger partial charge < -0.3 is 19.7 Å². The Morgan fingerprint density at radius 1 is 0.652 bits per heavy atom. The lowest BCUT2D eigenvalue weighted by Gasteiger charge is -2.34. The molecule has 4 unspecified atom stereocenters.